The molecule has 1 fully saturated rings. The number of piperidine rings is 1. The van der Waals surface area contributed by atoms with Crippen molar-refractivity contribution in [1.29, 1.82) is 0 Å². The number of nitro groups is 1. The van der Waals surface area contributed by atoms with Crippen LogP contribution < -0.4 is 5.32 Å². The Balaban J connectivity index is 1.97. The highest BCUT2D eigenvalue weighted by Gasteiger charge is 2.25. The smallest absolute Gasteiger partial charge is 0.292 e. The molecule has 23 heavy (non-hydrogen) atoms. The Morgan fingerprint density at radius 1 is 1.39 bits per heavy atom. The molecule has 0 aromatic heterocycles. The quantitative estimate of drug-likeness (QED) is 0.667. The number of aryl methyl sites for hydroxylation is 1. The van der Waals surface area contributed by atoms with Gasteiger partial charge in [-0.3, -0.25) is 14.9 Å². The molecule has 0 bridgehead atoms. The lowest BCUT2D eigenvalue weighted by molar-refractivity contribution is -0.384. The van der Waals surface area contributed by atoms with Crippen molar-refractivity contribution in [2.45, 2.75) is 46.1 Å². The molecule has 6 heteroatoms. The Bertz CT molecular complexity index is 578. The maximum Gasteiger partial charge on any atom is 0.292 e. The van der Waals surface area contributed by atoms with Crippen LogP contribution in [0, 0.1) is 23.0 Å². The van der Waals surface area contributed by atoms with Gasteiger partial charge in [0.05, 0.1) is 4.92 Å². The van der Waals surface area contributed by atoms with Crippen LogP contribution in [0.2, 0.25) is 0 Å². The first kappa shape index (κ1) is 17.2. The van der Waals surface area contributed by atoms with E-state index in [4.69, 9.17) is 0 Å². The van der Waals surface area contributed by atoms with E-state index in [2.05, 4.69) is 5.32 Å². The largest absolute Gasteiger partial charge is 0.376 e. The van der Waals surface area contributed by atoms with Gasteiger partial charge in [0.2, 0.25) is 5.91 Å². The maximum atomic E-state index is 12.1. The summed E-state index contributed by atoms with van der Waals surface area (Å²) in [4.78, 5) is 24.8. The Labute approximate surface area is 137 Å². The van der Waals surface area contributed by atoms with Crippen LogP contribution in [0.5, 0.6) is 0 Å². The van der Waals surface area contributed by atoms with E-state index in [1.165, 1.54) is 6.07 Å². The number of rotatable bonds is 5. The third-order valence-electron chi connectivity index (χ3n) is 4.23. The van der Waals surface area contributed by atoms with E-state index in [-0.39, 0.29) is 22.6 Å². The average Bonchev–Trinajstić information content (AvgIpc) is 2.49. The van der Waals surface area contributed by atoms with E-state index in [1.807, 2.05) is 31.7 Å². The summed E-state index contributed by atoms with van der Waals surface area (Å²) in [6, 6.07) is 5.26. The second kappa shape index (κ2) is 7.44. The van der Waals surface area contributed by atoms with Gasteiger partial charge in [-0.1, -0.05) is 26.0 Å². The Morgan fingerprint density at radius 2 is 2.04 bits per heavy atom. The predicted octanol–water partition coefficient (Wildman–Crippen LogP) is 3.35. The highest BCUT2D eigenvalue weighted by atomic mass is 16.6. The number of para-hydroxylation sites is 1. The van der Waals surface area contributed by atoms with Crippen LogP contribution in [0.1, 0.15) is 38.7 Å². The molecule has 6 nitrogen and oxygen atoms in total. The fourth-order valence-corrected chi connectivity index (χ4v) is 2.95. The summed E-state index contributed by atoms with van der Waals surface area (Å²) in [7, 11) is 0. The maximum absolute atomic E-state index is 12.1. The molecule has 1 aliphatic rings. The predicted molar refractivity (Wildman–Crippen MR) is 90.5 cm³/mol. The van der Waals surface area contributed by atoms with Gasteiger partial charge in [0.1, 0.15) is 5.69 Å². The zero-order valence-electron chi connectivity index (χ0n) is 14.0. The van der Waals surface area contributed by atoms with Gasteiger partial charge in [0.25, 0.3) is 5.69 Å². The summed E-state index contributed by atoms with van der Waals surface area (Å²) < 4.78 is 0. The van der Waals surface area contributed by atoms with Crippen molar-refractivity contribution in [1.82, 2.24) is 4.90 Å². The van der Waals surface area contributed by atoms with Gasteiger partial charge in [-0.05, 0) is 31.2 Å². The third-order valence-corrected chi connectivity index (χ3v) is 4.23. The zero-order valence-corrected chi connectivity index (χ0v) is 14.0. The molecule has 1 saturated heterocycles. The molecule has 2 rings (SSSR count). The molecule has 0 spiro atoms. The minimum absolute atomic E-state index is 0.114. The number of carbonyl (C=O) groups is 1. The summed E-state index contributed by atoms with van der Waals surface area (Å²) in [5, 5.41) is 14.5. The molecule has 1 aliphatic heterocycles. The van der Waals surface area contributed by atoms with E-state index >= 15 is 0 Å². The van der Waals surface area contributed by atoms with E-state index in [1.54, 1.807) is 6.07 Å². The van der Waals surface area contributed by atoms with Crippen molar-refractivity contribution in [3.05, 3.63) is 33.9 Å². The Hall–Kier alpha value is -2.11. The highest BCUT2D eigenvalue weighted by Crippen LogP contribution is 2.30. The first-order valence-corrected chi connectivity index (χ1v) is 8.16. The van der Waals surface area contributed by atoms with Crippen LogP contribution in [-0.2, 0) is 4.79 Å². The monoisotopic (exact) mass is 319 g/mol. The Kier molecular flexibility index (Phi) is 5.58. The van der Waals surface area contributed by atoms with Gasteiger partial charge in [0.15, 0.2) is 0 Å². The second-order valence-electron chi connectivity index (χ2n) is 6.62. The van der Waals surface area contributed by atoms with E-state index < -0.39 is 0 Å². The summed E-state index contributed by atoms with van der Waals surface area (Å²) >= 11 is 0. The highest BCUT2D eigenvalue weighted by molar-refractivity contribution is 5.76. The number of amides is 1. The van der Waals surface area contributed by atoms with Gasteiger partial charge in [-0.2, -0.15) is 0 Å². The van der Waals surface area contributed by atoms with Gasteiger partial charge >= 0.3 is 0 Å². The summed E-state index contributed by atoms with van der Waals surface area (Å²) in [6.45, 7) is 7.38. The van der Waals surface area contributed by atoms with Crippen molar-refractivity contribution in [2.75, 3.05) is 18.4 Å². The fourth-order valence-electron chi connectivity index (χ4n) is 2.95. The van der Waals surface area contributed by atoms with Crippen molar-refractivity contribution in [3.63, 3.8) is 0 Å². The molecule has 1 N–H and O–H groups in total. The number of nitrogens with one attached hydrogen (secondary N) is 1. The molecule has 1 aromatic rings. The minimum atomic E-state index is -0.351. The van der Waals surface area contributed by atoms with E-state index in [9.17, 15) is 14.9 Å². The number of nitrogens with zero attached hydrogens (tertiary/aromatic N) is 2. The number of carbonyl (C=O) groups excluding carboxylic acids is 1. The number of likely N-dealkylation sites (tertiary alicyclic amines) is 1. The number of hydrogen-bond acceptors (Lipinski definition) is 4. The zero-order chi connectivity index (χ0) is 17.0. The van der Waals surface area contributed by atoms with Crippen molar-refractivity contribution >= 4 is 17.3 Å². The van der Waals surface area contributed by atoms with Crippen LogP contribution >= 0.6 is 0 Å². The number of benzene rings is 1. The van der Waals surface area contributed by atoms with Crippen LogP contribution in [-0.4, -0.2) is 34.9 Å². The van der Waals surface area contributed by atoms with Crippen molar-refractivity contribution < 1.29 is 9.72 Å². The number of nitro benzene ring substituents is 1. The van der Waals surface area contributed by atoms with Crippen LogP contribution in [0.25, 0.3) is 0 Å². The van der Waals surface area contributed by atoms with E-state index in [0.29, 0.717) is 31.1 Å². The molecular formula is C17H25N3O3. The van der Waals surface area contributed by atoms with Crippen molar-refractivity contribution in [3.8, 4) is 0 Å². The molecule has 0 saturated carbocycles. The van der Waals surface area contributed by atoms with E-state index in [0.717, 1.165) is 18.4 Å². The SMILES string of the molecule is Cc1cccc([N+](=O)[O-])c1NC1CCN(C(=O)CC(C)C)CC1. The summed E-state index contributed by atoms with van der Waals surface area (Å²) in [5.41, 5.74) is 1.59. The number of anilines is 1. The standard InChI is InChI=1S/C17H25N3O3/c1-12(2)11-16(21)19-9-7-14(8-10-19)18-17-13(3)5-4-6-15(17)20(22)23/h4-6,12,14,18H,7-11H2,1-3H3. The van der Waals surface area contributed by atoms with Crippen molar-refractivity contribution in [2.24, 2.45) is 5.92 Å². The molecule has 1 heterocycles. The molecule has 126 valence electrons. The van der Waals surface area contributed by atoms with Gasteiger partial charge < -0.3 is 10.2 Å². The molecule has 0 unspecified atom stereocenters. The van der Waals surface area contributed by atoms with Gasteiger partial charge in [-0.25, -0.2) is 0 Å². The van der Waals surface area contributed by atoms with Gasteiger partial charge in [0, 0.05) is 31.6 Å². The second-order valence-corrected chi connectivity index (χ2v) is 6.62. The lowest BCUT2D eigenvalue weighted by atomic mass is 10.0. The fraction of sp³-hybridized carbons (Fsp3) is 0.588. The topological polar surface area (TPSA) is 75.5 Å². The summed E-state index contributed by atoms with van der Waals surface area (Å²) in [5.74, 6) is 0.577. The molecule has 0 aliphatic carbocycles. The first-order chi connectivity index (χ1) is 10.9. The molecule has 1 aromatic carbocycles. The third kappa shape index (κ3) is 4.43. The molecule has 0 atom stereocenters. The first-order valence-electron chi connectivity index (χ1n) is 8.16. The lowest BCUT2D eigenvalue weighted by Gasteiger charge is -2.33. The van der Waals surface area contributed by atoms with Crippen LogP contribution in [0.3, 0.4) is 0 Å². The normalized spacial score (nSPS) is 15.7. The van der Waals surface area contributed by atoms with Crippen LogP contribution in [0.4, 0.5) is 11.4 Å². The molecular weight excluding hydrogens is 294 g/mol. The van der Waals surface area contributed by atoms with Gasteiger partial charge in [-0.15, -0.1) is 0 Å². The number of hydrogen-bond donors (Lipinski definition) is 1. The average molecular weight is 319 g/mol. The lowest BCUT2D eigenvalue weighted by Crippen LogP contribution is -2.42. The minimum Gasteiger partial charge on any atom is -0.376 e. The van der Waals surface area contributed by atoms with Crippen LogP contribution in [0.15, 0.2) is 18.2 Å². The summed E-state index contributed by atoms with van der Waals surface area (Å²) in [6.07, 6.45) is 2.21. The molecule has 1 amide bonds. The molecule has 0 radical (unpaired) electrons. The Morgan fingerprint density at radius 3 is 2.61 bits per heavy atom.